The molecule has 10 heteroatoms. The van der Waals surface area contributed by atoms with Crippen molar-refractivity contribution in [3.63, 3.8) is 0 Å². The minimum absolute atomic E-state index is 0.0153. The first kappa shape index (κ1) is 21.8. The fourth-order valence-electron chi connectivity index (χ4n) is 4.39. The fraction of sp³-hybridized carbons (Fsp3) is 0.476. The molecule has 0 unspecified atom stereocenters. The number of carboxylic acids is 1. The van der Waals surface area contributed by atoms with Gasteiger partial charge in [0.25, 0.3) is 0 Å². The number of para-hydroxylation sites is 1. The summed E-state index contributed by atoms with van der Waals surface area (Å²) < 4.78 is 5.45. The molecule has 1 aliphatic carbocycles. The van der Waals surface area contributed by atoms with Gasteiger partial charge in [0.1, 0.15) is 10.8 Å². The molecule has 1 amide bonds. The molecular weight excluding hydrogens is 417 g/mol. The van der Waals surface area contributed by atoms with Crippen molar-refractivity contribution in [2.75, 3.05) is 0 Å². The number of carbonyl (C=O) groups excluding carboxylic acids is 1. The van der Waals surface area contributed by atoms with Gasteiger partial charge in [0.05, 0.1) is 11.5 Å². The first-order chi connectivity index (χ1) is 15.0. The van der Waals surface area contributed by atoms with E-state index >= 15 is 0 Å². The summed E-state index contributed by atoms with van der Waals surface area (Å²) >= 11 is 1.65. The summed E-state index contributed by atoms with van der Waals surface area (Å²) in [6.07, 6.45) is 6.60. The number of nitrogens with one attached hydrogen (secondary N) is 2. The highest BCUT2D eigenvalue weighted by Crippen LogP contribution is 2.31. The lowest BCUT2D eigenvalue weighted by Crippen LogP contribution is -2.53. The van der Waals surface area contributed by atoms with E-state index in [0.29, 0.717) is 30.4 Å². The van der Waals surface area contributed by atoms with Gasteiger partial charge in [0.15, 0.2) is 0 Å². The van der Waals surface area contributed by atoms with E-state index in [4.69, 9.17) is 4.65 Å². The molecule has 2 aromatic rings. The lowest BCUT2D eigenvalue weighted by Gasteiger charge is -2.31. The predicted octanol–water partition coefficient (Wildman–Crippen LogP) is 2.02. The molecule has 0 radical (unpaired) electrons. The molecule has 0 bridgehead atoms. The Balaban J connectivity index is 1.24. The summed E-state index contributed by atoms with van der Waals surface area (Å²) in [5.41, 5.74) is 0.684. The molecule has 1 aromatic carbocycles. The molecule has 4 N–H and O–H groups in total. The maximum absolute atomic E-state index is 12.6. The number of hydrogen-bond donors (Lipinski definition) is 4. The lowest BCUT2D eigenvalue weighted by atomic mass is 9.72. The molecule has 2 aliphatic rings. The summed E-state index contributed by atoms with van der Waals surface area (Å²) in [6.45, 7) is 0.790. The normalized spacial score (nSPS) is 23.0. The summed E-state index contributed by atoms with van der Waals surface area (Å²) in [4.78, 5) is 28.2. The Hall–Kier alpha value is -2.43. The molecule has 1 atom stereocenters. The van der Waals surface area contributed by atoms with Crippen molar-refractivity contribution in [2.24, 2.45) is 5.92 Å². The quantitative estimate of drug-likeness (QED) is 0.483. The summed E-state index contributed by atoms with van der Waals surface area (Å²) in [5.74, 6) is -1.31. The van der Waals surface area contributed by atoms with Crippen molar-refractivity contribution in [2.45, 2.75) is 57.1 Å². The summed E-state index contributed by atoms with van der Waals surface area (Å²) in [7, 11) is -1.28. The molecule has 0 spiro atoms. The molecule has 4 rings (SSSR count). The minimum atomic E-state index is -1.28. The third-order valence-corrected chi connectivity index (χ3v) is 6.82. The Bertz CT molecular complexity index is 918. The van der Waals surface area contributed by atoms with Crippen LogP contribution in [-0.2, 0) is 17.8 Å². The van der Waals surface area contributed by atoms with Crippen molar-refractivity contribution in [3.05, 3.63) is 45.9 Å². The molecule has 1 aromatic heterocycles. The molecule has 1 saturated carbocycles. The number of hydrogen-bond acceptors (Lipinski definition) is 7. The second kappa shape index (κ2) is 9.80. The van der Waals surface area contributed by atoms with E-state index in [0.717, 1.165) is 37.2 Å². The van der Waals surface area contributed by atoms with Gasteiger partial charge in [-0.3, -0.25) is 4.79 Å². The van der Waals surface area contributed by atoms with Crippen molar-refractivity contribution in [1.82, 2.24) is 15.6 Å². The van der Waals surface area contributed by atoms with Gasteiger partial charge < -0.3 is 25.4 Å². The topological polar surface area (TPSA) is 121 Å². The van der Waals surface area contributed by atoms with Crippen LogP contribution in [0.15, 0.2) is 29.8 Å². The highest BCUT2D eigenvalue weighted by atomic mass is 32.1. The second-order valence-electron chi connectivity index (χ2n) is 8.21. The predicted molar refractivity (Wildman–Crippen MR) is 117 cm³/mol. The smallest absolute Gasteiger partial charge is 0.534 e. The van der Waals surface area contributed by atoms with E-state index in [1.165, 1.54) is 6.07 Å². The van der Waals surface area contributed by atoms with Crippen LogP contribution in [-0.4, -0.2) is 46.1 Å². The number of rotatable bonds is 7. The molecule has 164 valence electrons. The average molecular weight is 443 g/mol. The van der Waals surface area contributed by atoms with E-state index in [1.54, 1.807) is 23.5 Å². The standard InChI is InChI=1S/C21H26BN3O5S/c26-18(10-13-4-6-15(7-5-13)24-12-19-23-8-9-31-19)25-17-11-14-2-1-3-16(21(27)28)20(14)30-22(17)29/h1-3,8-9,13,15,17,24,29H,4-7,10-12H2,(H,25,26)(H,27,28)/t13-,15-,17-/m0/s1. The SMILES string of the molecule is O=C(C[C@H]1CC[C@H](NCc2nccs2)CC1)N[C@H]1Cc2cccc(C(=O)O)c2OB1O. The number of amides is 1. The zero-order valence-corrected chi connectivity index (χ0v) is 17.9. The van der Waals surface area contributed by atoms with Crippen LogP contribution in [0.3, 0.4) is 0 Å². The van der Waals surface area contributed by atoms with E-state index in [9.17, 15) is 19.7 Å². The molecule has 2 heterocycles. The number of thiazole rings is 1. The highest BCUT2D eigenvalue weighted by molar-refractivity contribution is 7.09. The molecular formula is C21H26BN3O5S. The van der Waals surface area contributed by atoms with Crippen LogP contribution in [0.4, 0.5) is 0 Å². The number of aromatic nitrogens is 1. The average Bonchev–Trinajstić information content (AvgIpc) is 3.27. The van der Waals surface area contributed by atoms with Crippen LogP contribution < -0.4 is 15.3 Å². The van der Waals surface area contributed by atoms with Crippen LogP contribution in [0.25, 0.3) is 0 Å². The van der Waals surface area contributed by atoms with Gasteiger partial charge in [-0.2, -0.15) is 0 Å². The number of benzene rings is 1. The summed E-state index contributed by atoms with van der Waals surface area (Å²) in [5, 5.41) is 29.1. The monoisotopic (exact) mass is 443 g/mol. The molecule has 1 fully saturated rings. The minimum Gasteiger partial charge on any atom is -0.534 e. The number of aromatic carboxylic acids is 1. The summed E-state index contributed by atoms with van der Waals surface area (Å²) in [6, 6.07) is 5.29. The largest absolute Gasteiger partial charge is 0.547 e. The molecule has 31 heavy (non-hydrogen) atoms. The second-order valence-corrected chi connectivity index (χ2v) is 9.19. The third-order valence-electron chi connectivity index (χ3n) is 6.04. The van der Waals surface area contributed by atoms with E-state index < -0.39 is 19.0 Å². The maximum Gasteiger partial charge on any atom is 0.547 e. The van der Waals surface area contributed by atoms with Gasteiger partial charge in [-0.25, -0.2) is 9.78 Å². The van der Waals surface area contributed by atoms with Gasteiger partial charge in [0, 0.05) is 30.6 Å². The van der Waals surface area contributed by atoms with Crippen LogP contribution >= 0.6 is 11.3 Å². The highest BCUT2D eigenvalue weighted by Gasteiger charge is 2.38. The maximum atomic E-state index is 12.6. The van der Waals surface area contributed by atoms with Crippen LogP contribution in [0, 0.1) is 5.92 Å². The number of carboxylic acid groups (broad SMARTS) is 1. The van der Waals surface area contributed by atoms with Crippen LogP contribution in [0.1, 0.15) is 53.0 Å². The van der Waals surface area contributed by atoms with E-state index in [1.807, 2.05) is 11.6 Å². The zero-order chi connectivity index (χ0) is 21.8. The van der Waals surface area contributed by atoms with Crippen molar-refractivity contribution >= 4 is 30.3 Å². The van der Waals surface area contributed by atoms with Gasteiger partial charge in [0.2, 0.25) is 5.91 Å². The van der Waals surface area contributed by atoms with Crippen LogP contribution in [0.2, 0.25) is 0 Å². The first-order valence-electron chi connectivity index (χ1n) is 10.6. The molecule has 8 nitrogen and oxygen atoms in total. The number of fused-ring (bicyclic) bond motifs is 1. The van der Waals surface area contributed by atoms with Gasteiger partial charge in [-0.15, -0.1) is 11.3 Å². The van der Waals surface area contributed by atoms with Crippen LogP contribution in [0.5, 0.6) is 5.75 Å². The Kier molecular flexibility index (Phi) is 6.89. The van der Waals surface area contributed by atoms with Gasteiger partial charge in [-0.1, -0.05) is 12.1 Å². The van der Waals surface area contributed by atoms with Gasteiger partial charge >= 0.3 is 13.1 Å². The number of carbonyl (C=O) groups is 2. The fourth-order valence-corrected chi connectivity index (χ4v) is 4.95. The Morgan fingerprint density at radius 3 is 2.77 bits per heavy atom. The zero-order valence-electron chi connectivity index (χ0n) is 17.1. The Labute approximate surface area is 185 Å². The number of nitrogens with zero attached hydrogens (tertiary/aromatic N) is 1. The first-order valence-corrected chi connectivity index (χ1v) is 11.5. The molecule has 1 aliphatic heterocycles. The van der Waals surface area contributed by atoms with Crippen molar-refractivity contribution in [3.8, 4) is 5.75 Å². The van der Waals surface area contributed by atoms with Crippen molar-refractivity contribution in [1.29, 1.82) is 0 Å². The Morgan fingerprint density at radius 2 is 2.06 bits per heavy atom. The van der Waals surface area contributed by atoms with E-state index in [-0.39, 0.29) is 17.2 Å². The van der Waals surface area contributed by atoms with E-state index in [2.05, 4.69) is 15.6 Å². The Morgan fingerprint density at radius 1 is 1.26 bits per heavy atom. The van der Waals surface area contributed by atoms with Gasteiger partial charge in [-0.05, 0) is 49.7 Å². The third kappa shape index (κ3) is 5.44. The molecule has 0 saturated heterocycles. The van der Waals surface area contributed by atoms with Crippen molar-refractivity contribution < 1.29 is 24.4 Å². The lowest BCUT2D eigenvalue weighted by molar-refractivity contribution is -0.122.